The number of morpholine rings is 1. The monoisotopic (exact) mass is 301 g/mol. The third-order valence-corrected chi connectivity index (χ3v) is 4.69. The third kappa shape index (κ3) is 2.69. The van der Waals surface area contributed by atoms with Crippen LogP contribution in [0.25, 0.3) is 0 Å². The number of fused-ring (bicyclic) bond motifs is 1. The first kappa shape index (κ1) is 15.3. The molecule has 0 aliphatic carbocycles. The van der Waals surface area contributed by atoms with Crippen LogP contribution < -0.4 is 4.74 Å². The van der Waals surface area contributed by atoms with Gasteiger partial charge in [0, 0.05) is 25.1 Å². The van der Waals surface area contributed by atoms with Crippen LogP contribution in [0.1, 0.15) is 29.3 Å². The van der Waals surface area contributed by atoms with Crippen LogP contribution in [0.2, 0.25) is 0 Å². The van der Waals surface area contributed by atoms with Gasteiger partial charge in [0.25, 0.3) is 0 Å². The standard InChI is InChI=1S/C18H23NO3/c1-3-7-18(2,19-8-11-21-12-9-19)17(20)15-4-5-16-14(13-15)6-10-22-16/h3-5,13H,1,6-12H2,2H3. The van der Waals surface area contributed by atoms with E-state index in [9.17, 15) is 4.79 Å². The molecule has 0 radical (unpaired) electrons. The summed E-state index contributed by atoms with van der Waals surface area (Å²) in [4.78, 5) is 15.4. The first-order valence-electron chi connectivity index (χ1n) is 7.89. The van der Waals surface area contributed by atoms with Crippen LogP contribution in [0.3, 0.4) is 0 Å². The van der Waals surface area contributed by atoms with Crippen molar-refractivity contribution in [2.24, 2.45) is 0 Å². The summed E-state index contributed by atoms with van der Waals surface area (Å²) >= 11 is 0. The highest BCUT2D eigenvalue weighted by Gasteiger charge is 2.39. The Morgan fingerprint density at radius 2 is 2.14 bits per heavy atom. The van der Waals surface area contributed by atoms with E-state index in [1.54, 1.807) is 0 Å². The molecule has 2 aliphatic heterocycles. The molecule has 0 spiro atoms. The normalized spacial score (nSPS) is 20.8. The van der Waals surface area contributed by atoms with Gasteiger partial charge in [-0.1, -0.05) is 6.08 Å². The Morgan fingerprint density at radius 3 is 2.86 bits per heavy atom. The SMILES string of the molecule is C=CCC(C)(C(=O)c1ccc2c(c1)CCO2)N1CCOCC1. The van der Waals surface area contributed by atoms with Gasteiger partial charge < -0.3 is 9.47 Å². The van der Waals surface area contributed by atoms with Crippen molar-refractivity contribution in [1.82, 2.24) is 4.90 Å². The maximum Gasteiger partial charge on any atom is 0.183 e. The van der Waals surface area contributed by atoms with Gasteiger partial charge in [0.2, 0.25) is 0 Å². The second-order valence-corrected chi connectivity index (χ2v) is 6.12. The number of ketones is 1. The molecule has 0 N–H and O–H groups in total. The molecule has 4 nitrogen and oxygen atoms in total. The van der Waals surface area contributed by atoms with E-state index < -0.39 is 5.54 Å². The van der Waals surface area contributed by atoms with Crippen LogP contribution in [-0.4, -0.2) is 49.1 Å². The van der Waals surface area contributed by atoms with Crippen molar-refractivity contribution in [1.29, 1.82) is 0 Å². The quantitative estimate of drug-likeness (QED) is 0.618. The molecule has 22 heavy (non-hydrogen) atoms. The number of carbonyl (C=O) groups excluding carboxylic acids is 1. The predicted molar refractivity (Wildman–Crippen MR) is 85.6 cm³/mol. The fourth-order valence-corrected chi connectivity index (χ4v) is 3.34. The van der Waals surface area contributed by atoms with Crippen LogP contribution in [-0.2, 0) is 11.2 Å². The van der Waals surface area contributed by atoms with Crippen molar-refractivity contribution in [3.05, 3.63) is 42.0 Å². The van der Waals surface area contributed by atoms with Gasteiger partial charge in [0.05, 0.1) is 25.4 Å². The van der Waals surface area contributed by atoms with Gasteiger partial charge in [0.15, 0.2) is 5.78 Å². The van der Waals surface area contributed by atoms with E-state index in [4.69, 9.17) is 9.47 Å². The second kappa shape index (κ2) is 6.23. The lowest BCUT2D eigenvalue weighted by Crippen LogP contribution is -2.56. The first-order chi connectivity index (χ1) is 10.6. The largest absolute Gasteiger partial charge is 0.493 e. The molecule has 118 valence electrons. The zero-order chi connectivity index (χ0) is 15.6. The Kier molecular flexibility index (Phi) is 4.32. The van der Waals surface area contributed by atoms with Crippen LogP contribution in [0.5, 0.6) is 5.75 Å². The number of ether oxygens (including phenoxy) is 2. The van der Waals surface area contributed by atoms with Crippen LogP contribution in [0.15, 0.2) is 30.9 Å². The number of hydrogen-bond donors (Lipinski definition) is 0. The highest BCUT2D eigenvalue weighted by atomic mass is 16.5. The summed E-state index contributed by atoms with van der Waals surface area (Å²) in [6, 6.07) is 5.80. The molecule has 2 heterocycles. The Bertz CT molecular complexity index is 578. The van der Waals surface area contributed by atoms with Gasteiger partial charge in [0.1, 0.15) is 5.75 Å². The Balaban J connectivity index is 1.90. The highest BCUT2D eigenvalue weighted by molar-refractivity contribution is 6.03. The average molecular weight is 301 g/mol. The molecule has 2 aliphatic rings. The van der Waals surface area contributed by atoms with E-state index in [-0.39, 0.29) is 5.78 Å². The van der Waals surface area contributed by atoms with E-state index in [1.165, 1.54) is 0 Å². The van der Waals surface area contributed by atoms with Gasteiger partial charge in [-0.3, -0.25) is 9.69 Å². The van der Waals surface area contributed by atoms with Crippen molar-refractivity contribution >= 4 is 5.78 Å². The van der Waals surface area contributed by atoms with E-state index in [0.717, 1.165) is 36.4 Å². The summed E-state index contributed by atoms with van der Waals surface area (Å²) in [5.74, 6) is 1.07. The van der Waals surface area contributed by atoms with Crippen molar-refractivity contribution in [2.45, 2.75) is 25.3 Å². The van der Waals surface area contributed by atoms with E-state index in [2.05, 4.69) is 11.5 Å². The number of carbonyl (C=O) groups is 1. The Hall–Kier alpha value is -1.65. The zero-order valence-corrected chi connectivity index (χ0v) is 13.1. The summed E-state index contributed by atoms with van der Waals surface area (Å²) in [6.45, 7) is 9.49. The molecular formula is C18H23NO3. The van der Waals surface area contributed by atoms with Crippen molar-refractivity contribution < 1.29 is 14.3 Å². The molecule has 0 amide bonds. The first-order valence-corrected chi connectivity index (χ1v) is 7.89. The summed E-state index contributed by atoms with van der Waals surface area (Å²) < 4.78 is 11.0. The van der Waals surface area contributed by atoms with Gasteiger partial charge in [-0.2, -0.15) is 0 Å². The van der Waals surface area contributed by atoms with Gasteiger partial charge in [-0.15, -0.1) is 6.58 Å². The topological polar surface area (TPSA) is 38.8 Å². The molecule has 0 saturated carbocycles. The summed E-state index contributed by atoms with van der Waals surface area (Å²) in [6.07, 6.45) is 3.36. The zero-order valence-electron chi connectivity index (χ0n) is 13.1. The smallest absolute Gasteiger partial charge is 0.183 e. The second-order valence-electron chi connectivity index (χ2n) is 6.12. The fraction of sp³-hybridized carbons (Fsp3) is 0.500. The molecule has 1 fully saturated rings. The lowest BCUT2D eigenvalue weighted by Gasteiger charge is -2.41. The summed E-state index contributed by atoms with van der Waals surface area (Å²) in [5.41, 5.74) is 1.34. The molecule has 1 saturated heterocycles. The molecule has 1 aromatic rings. The van der Waals surface area contributed by atoms with Crippen LogP contribution in [0, 0.1) is 0 Å². The lowest BCUT2D eigenvalue weighted by molar-refractivity contribution is -0.00871. The summed E-state index contributed by atoms with van der Waals surface area (Å²) in [7, 11) is 0. The molecular weight excluding hydrogens is 278 g/mol. The molecule has 1 unspecified atom stereocenters. The molecule has 0 bridgehead atoms. The van der Waals surface area contributed by atoms with Crippen LogP contribution >= 0.6 is 0 Å². The van der Waals surface area contributed by atoms with Crippen LogP contribution in [0.4, 0.5) is 0 Å². The molecule has 4 heteroatoms. The molecule has 3 rings (SSSR count). The number of rotatable bonds is 5. The fourth-order valence-electron chi connectivity index (χ4n) is 3.34. The molecule has 1 atom stereocenters. The minimum absolute atomic E-state index is 0.156. The maximum absolute atomic E-state index is 13.2. The Morgan fingerprint density at radius 1 is 1.36 bits per heavy atom. The van der Waals surface area contributed by atoms with E-state index in [1.807, 2.05) is 31.2 Å². The van der Waals surface area contributed by atoms with E-state index in [0.29, 0.717) is 26.2 Å². The van der Waals surface area contributed by atoms with Gasteiger partial charge in [-0.05, 0) is 37.1 Å². The third-order valence-electron chi connectivity index (χ3n) is 4.69. The summed E-state index contributed by atoms with van der Waals surface area (Å²) in [5, 5.41) is 0. The lowest BCUT2D eigenvalue weighted by atomic mass is 9.85. The maximum atomic E-state index is 13.2. The van der Waals surface area contributed by atoms with E-state index >= 15 is 0 Å². The molecule has 0 aromatic heterocycles. The van der Waals surface area contributed by atoms with Gasteiger partial charge >= 0.3 is 0 Å². The number of Topliss-reactive ketones (excluding diaryl/α,β-unsaturated/α-hetero) is 1. The van der Waals surface area contributed by atoms with Crippen molar-refractivity contribution in [3.63, 3.8) is 0 Å². The number of hydrogen-bond acceptors (Lipinski definition) is 4. The number of benzene rings is 1. The van der Waals surface area contributed by atoms with Gasteiger partial charge in [-0.25, -0.2) is 0 Å². The minimum atomic E-state index is -0.556. The average Bonchev–Trinajstić information content (AvgIpc) is 3.02. The Labute approximate surface area is 131 Å². The minimum Gasteiger partial charge on any atom is -0.493 e. The van der Waals surface area contributed by atoms with Crippen molar-refractivity contribution in [3.8, 4) is 5.75 Å². The number of nitrogens with zero attached hydrogens (tertiary/aromatic N) is 1. The predicted octanol–water partition coefficient (Wildman–Crippen LogP) is 2.47. The highest BCUT2D eigenvalue weighted by Crippen LogP contribution is 2.30. The molecule has 1 aromatic carbocycles. The van der Waals surface area contributed by atoms with Crippen molar-refractivity contribution in [2.75, 3.05) is 32.9 Å².